The average Bonchev–Trinajstić information content (AvgIpc) is 2.71. The van der Waals surface area contributed by atoms with Crippen LogP contribution in [-0.2, 0) is 30.2 Å². The smallest absolute Gasteiger partial charge is 0.378 e. The maximum atomic E-state index is 14.3. The molecular formula is C18H22F9NO8S3. The molecule has 21 heteroatoms. The second-order valence-corrected chi connectivity index (χ2v) is 14.8. The van der Waals surface area contributed by atoms with Crippen molar-refractivity contribution in [1.29, 1.82) is 0 Å². The molecule has 1 aromatic rings. The number of halogens is 9. The molecule has 0 spiro atoms. The lowest BCUT2D eigenvalue weighted by Crippen LogP contribution is -2.64. The van der Waals surface area contributed by atoms with E-state index in [4.69, 9.17) is 5.21 Å². The van der Waals surface area contributed by atoms with Crippen molar-refractivity contribution in [3.8, 4) is 5.75 Å². The number of hydrogen-bond donors (Lipinski definition) is 1. The summed E-state index contributed by atoms with van der Waals surface area (Å²) < 4.78 is 191. The van der Waals surface area contributed by atoms with Crippen LogP contribution in [0.3, 0.4) is 0 Å². The van der Waals surface area contributed by atoms with Crippen molar-refractivity contribution < 1.29 is 74.2 Å². The zero-order valence-electron chi connectivity index (χ0n) is 20.3. The van der Waals surface area contributed by atoms with Crippen molar-refractivity contribution in [2.45, 2.75) is 62.5 Å². The fourth-order valence-electron chi connectivity index (χ4n) is 3.60. The molecular weight excluding hydrogens is 625 g/mol. The van der Waals surface area contributed by atoms with Gasteiger partial charge in [-0.15, -0.1) is 0 Å². The van der Waals surface area contributed by atoms with E-state index in [0.717, 1.165) is 12.1 Å². The number of sulfonamides is 2. The van der Waals surface area contributed by atoms with Gasteiger partial charge < -0.3 is 4.18 Å². The van der Waals surface area contributed by atoms with E-state index in [0.29, 0.717) is 17.7 Å². The van der Waals surface area contributed by atoms with Gasteiger partial charge in [0, 0.05) is 3.87 Å². The molecule has 0 aliphatic heterocycles. The van der Waals surface area contributed by atoms with Crippen LogP contribution in [0.15, 0.2) is 24.3 Å². The molecule has 9 nitrogen and oxygen atoms in total. The SMILES string of the molecule is CC(C)C(c1ccc(OS(=O)(=O)C(F)(F)C(F)(F)C(F)(F)S(=O)(=O)N(O)S(=O)(=O)C(F)(F)F)cc1)C(C)(C)C. The van der Waals surface area contributed by atoms with Gasteiger partial charge in [0.05, 0.1) is 0 Å². The molecule has 0 heterocycles. The lowest BCUT2D eigenvalue weighted by molar-refractivity contribution is -0.247. The molecule has 1 atom stereocenters. The van der Waals surface area contributed by atoms with Gasteiger partial charge in [0.25, 0.3) is 0 Å². The first-order valence-electron chi connectivity index (χ1n) is 10.1. The van der Waals surface area contributed by atoms with Crippen LogP contribution in [-0.4, -0.2) is 56.3 Å². The lowest BCUT2D eigenvalue weighted by Gasteiger charge is -2.34. The molecule has 0 amide bonds. The molecule has 0 aliphatic carbocycles. The average molecular weight is 648 g/mol. The van der Waals surface area contributed by atoms with Crippen molar-refractivity contribution in [2.24, 2.45) is 11.3 Å². The van der Waals surface area contributed by atoms with Crippen LogP contribution in [0.2, 0.25) is 0 Å². The Bertz CT molecular complexity index is 1370. The van der Waals surface area contributed by atoms with Crippen molar-refractivity contribution in [3.05, 3.63) is 29.8 Å². The number of alkyl halides is 9. The minimum absolute atomic E-state index is 0.0278. The third-order valence-electron chi connectivity index (χ3n) is 5.12. The van der Waals surface area contributed by atoms with E-state index in [1.165, 1.54) is 0 Å². The highest BCUT2D eigenvalue weighted by molar-refractivity contribution is 8.04. The predicted octanol–water partition coefficient (Wildman–Crippen LogP) is 4.87. The van der Waals surface area contributed by atoms with Crippen molar-refractivity contribution in [1.82, 2.24) is 3.87 Å². The predicted molar refractivity (Wildman–Crippen MR) is 115 cm³/mol. The molecule has 0 bridgehead atoms. The summed E-state index contributed by atoms with van der Waals surface area (Å²) in [5, 5.41) is -6.20. The molecule has 0 fully saturated rings. The summed E-state index contributed by atoms with van der Waals surface area (Å²) >= 11 is 0. The minimum atomic E-state index is -8.29. The Morgan fingerprint density at radius 3 is 1.49 bits per heavy atom. The fourth-order valence-corrected chi connectivity index (χ4v) is 6.97. The number of nitrogens with zero attached hydrogens (tertiary/aromatic N) is 1. The molecule has 0 saturated carbocycles. The van der Waals surface area contributed by atoms with E-state index < -0.39 is 67.1 Å². The third kappa shape index (κ3) is 5.96. The molecule has 1 aromatic carbocycles. The first-order valence-corrected chi connectivity index (χ1v) is 14.4. The quantitative estimate of drug-likeness (QED) is 0.216. The molecule has 0 aromatic heterocycles. The summed E-state index contributed by atoms with van der Waals surface area (Å²) in [7, 11) is -23.3. The van der Waals surface area contributed by atoms with Gasteiger partial charge in [-0.2, -0.15) is 56.3 Å². The maximum Gasteiger partial charge on any atom is 0.514 e. The first kappa shape index (κ1) is 35.2. The van der Waals surface area contributed by atoms with Gasteiger partial charge in [-0.25, -0.2) is 8.42 Å². The second-order valence-electron chi connectivity index (χ2n) is 9.44. The van der Waals surface area contributed by atoms with Crippen LogP contribution < -0.4 is 4.18 Å². The van der Waals surface area contributed by atoms with Gasteiger partial charge in [0.1, 0.15) is 5.75 Å². The standard InChI is InChI=1S/C18H22F9NO8S3/c1-10(2)13(14(3,4)5)11-6-8-12(9-7-11)36-39(34,35)17(23,24)15(19,20)16(21,22)37(30,31)28(29)38(32,33)18(25,26)27/h6-10,13,29H,1-5H3. The molecule has 1 N–H and O–H groups in total. The highest BCUT2D eigenvalue weighted by Crippen LogP contribution is 2.52. The van der Waals surface area contributed by atoms with Crippen LogP contribution in [0, 0.1) is 11.3 Å². The molecule has 0 aliphatic rings. The van der Waals surface area contributed by atoms with Gasteiger partial charge in [-0.1, -0.05) is 46.8 Å². The van der Waals surface area contributed by atoms with E-state index in [-0.39, 0.29) is 11.8 Å². The number of hydrogen-bond acceptors (Lipinski definition) is 8. The monoisotopic (exact) mass is 647 g/mol. The zero-order chi connectivity index (χ0) is 31.4. The zero-order valence-corrected chi connectivity index (χ0v) is 22.8. The summed E-state index contributed by atoms with van der Waals surface area (Å²) in [6, 6.07) is 3.65. The van der Waals surface area contributed by atoms with E-state index >= 15 is 0 Å². The van der Waals surface area contributed by atoms with Crippen molar-refractivity contribution in [2.75, 3.05) is 0 Å². The topological polar surface area (TPSA) is 135 Å². The lowest BCUT2D eigenvalue weighted by atomic mass is 9.71. The Morgan fingerprint density at radius 1 is 0.744 bits per heavy atom. The van der Waals surface area contributed by atoms with Crippen LogP contribution in [0.4, 0.5) is 39.5 Å². The molecule has 228 valence electrons. The summed E-state index contributed by atoms with van der Waals surface area (Å²) in [5.74, 6) is -9.11. The fraction of sp³-hybridized carbons (Fsp3) is 0.667. The van der Waals surface area contributed by atoms with Crippen molar-refractivity contribution in [3.63, 3.8) is 0 Å². The molecule has 39 heavy (non-hydrogen) atoms. The first-order chi connectivity index (χ1) is 16.9. The normalized spacial score (nSPS) is 16.0. The second kappa shape index (κ2) is 10.2. The van der Waals surface area contributed by atoms with Gasteiger partial charge in [0.2, 0.25) is 0 Å². The van der Waals surface area contributed by atoms with E-state index in [9.17, 15) is 64.8 Å². The number of benzene rings is 1. The van der Waals surface area contributed by atoms with E-state index in [1.54, 1.807) is 0 Å². The highest BCUT2D eigenvalue weighted by atomic mass is 32.3. The molecule has 1 unspecified atom stereocenters. The molecule has 0 saturated heterocycles. The molecule has 0 radical (unpaired) electrons. The van der Waals surface area contributed by atoms with Crippen LogP contribution >= 0.6 is 0 Å². The van der Waals surface area contributed by atoms with Crippen LogP contribution in [0.25, 0.3) is 0 Å². The summed E-state index contributed by atoms with van der Waals surface area (Å²) in [4.78, 5) is 0. The van der Waals surface area contributed by atoms with Gasteiger partial charge in [-0.05, 0) is 34.9 Å². The minimum Gasteiger partial charge on any atom is -0.378 e. The van der Waals surface area contributed by atoms with Gasteiger partial charge >= 0.3 is 52.1 Å². The maximum absolute atomic E-state index is 14.3. The Hall–Kier alpha value is -1.84. The third-order valence-corrected chi connectivity index (χ3v) is 9.90. The molecule has 1 rings (SSSR count). The van der Waals surface area contributed by atoms with E-state index in [1.807, 2.05) is 34.6 Å². The Labute approximate surface area is 217 Å². The van der Waals surface area contributed by atoms with Crippen LogP contribution in [0.5, 0.6) is 5.75 Å². The van der Waals surface area contributed by atoms with Crippen LogP contribution in [0.1, 0.15) is 46.1 Å². The number of rotatable bonds is 10. The summed E-state index contributed by atoms with van der Waals surface area (Å²) in [6.07, 6.45) is 0. The Morgan fingerprint density at radius 2 is 1.15 bits per heavy atom. The van der Waals surface area contributed by atoms with Gasteiger partial charge in [-0.3, -0.25) is 5.21 Å². The largest absolute Gasteiger partial charge is 0.514 e. The Kier molecular flexibility index (Phi) is 9.21. The Balaban J connectivity index is 3.52. The van der Waals surface area contributed by atoms with Crippen molar-refractivity contribution >= 4 is 30.2 Å². The highest BCUT2D eigenvalue weighted by Gasteiger charge is 2.84. The summed E-state index contributed by atoms with van der Waals surface area (Å²) in [5.41, 5.74) is -6.80. The van der Waals surface area contributed by atoms with E-state index in [2.05, 4.69) is 4.18 Å². The van der Waals surface area contributed by atoms with Gasteiger partial charge in [0.15, 0.2) is 0 Å². The summed E-state index contributed by atoms with van der Waals surface area (Å²) in [6.45, 7) is 9.12.